The Balaban J connectivity index is 2.88. The SMILES string of the molecule is O=Cc1cc(Br)cc2cc[nH]c12. The van der Waals surface area contributed by atoms with Crippen molar-refractivity contribution >= 4 is 33.1 Å². The van der Waals surface area contributed by atoms with Gasteiger partial charge in [0.25, 0.3) is 0 Å². The number of hydrogen-bond donors (Lipinski definition) is 1. The molecule has 0 atom stereocenters. The van der Waals surface area contributed by atoms with Gasteiger partial charge in [0.15, 0.2) is 6.29 Å². The monoisotopic (exact) mass is 223 g/mol. The molecule has 0 bridgehead atoms. The van der Waals surface area contributed by atoms with Crippen molar-refractivity contribution in [3.05, 3.63) is 34.4 Å². The number of carbonyl (C=O) groups is 1. The van der Waals surface area contributed by atoms with Crippen molar-refractivity contribution in [3.63, 3.8) is 0 Å². The van der Waals surface area contributed by atoms with E-state index in [-0.39, 0.29) is 0 Å². The predicted octanol–water partition coefficient (Wildman–Crippen LogP) is 2.74. The molecule has 2 aromatic rings. The van der Waals surface area contributed by atoms with E-state index in [1.165, 1.54) is 0 Å². The number of hydrogen-bond acceptors (Lipinski definition) is 1. The molecule has 1 aromatic carbocycles. The Kier molecular flexibility index (Phi) is 1.73. The van der Waals surface area contributed by atoms with E-state index in [4.69, 9.17) is 0 Å². The van der Waals surface area contributed by atoms with E-state index < -0.39 is 0 Å². The summed E-state index contributed by atoms with van der Waals surface area (Å²) in [6.07, 6.45) is 2.67. The van der Waals surface area contributed by atoms with Crippen molar-refractivity contribution in [1.29, 1.82) is 0 Å². The van der Waals surface area contributed by atoms with Gasteiger partial charge in [0.05, 0.1) is 5.52 Å². The molecule has 0 spiro atoms. The maximum atomic E-state index is 10.6. The normalized spacial score (nSPS) is 10.4. The minimum atomic E-state index is 0.685. The Morgan fingerprint density at radius 3 is 3.00 bits per heavy atom. The molecule has 2 nitrogen and oxygen atoms in total. The molecule has 0 aliphatic carbocycles. The third kappa shape index (κ3) is 1.06. The molecular formula is C9H6BrNO. The summed E-state index contributed by atoms with van der Waals surface area (Å²) >= 11 is 3.34. The molecule has 2 rings (SSSR count). The van der Waals surface area contributed by atoms with Gasteiger partial charge in [0.1, 0.15) is 0 Å². The summed E-state index contributed by atoms with van der Waals surface area (Å²) in [4.78, 5) is 13.6. The fourth-order valence-electron chi connectivity index (χ4n) is 1.26. The summed E-state index contributed by atoms with van der Waals surface area (Å²) < 4.78 is 0.928. The molecule has 0 aliphatic rings. The topological polar surface area (TPSA) is 32.9 Å². The minimum Gasteiger partial charge on any atom is -0.361 e. The highest BCUT2D eigenvalue weighted by Gasteiger charge is 2.01. The molecule has 0 aliphatic heterocycles. The molecule has 0 saturated heterocycles. The van der Waals surface area contributed by atoms with Crippen LogP contribution in [0.2, 0.25) is 0 Å². The van der Waals surface area contributed by atoms with Gasteiger partial charge >= 0.3 is 0 Å². The van der Waals surface area contributed by atoms with Crippen molar-refractivity contribution in [3.8, 4) is 0 Å². The zero-order valence-corrected chi connectivity index (χ0v) is 7.76. The lowest BCUT2D eigenvalue weighted by molar-refractivity contribution is 0.112. The Labute approximate surface area is 77.7 Å². The Morgan fingerprint density at radius 1 is 1.42 bits per heavy atom. The molecule has 0 saturated carbocycles. The molecule has 12 heavy (non-hydrogen) atoms. The second-order valence-electron chi connectivity index (χ2n) is 2.55. The van der Waals surface area contributed by atoms with E-state index in [0.717, 1.165) is 21.7 Å². The van der Waals surface area contributed by atoms with Crippen LogP contribution in [0.25, 0.3) is 10.9 Å². The van der Waals surface area contributed by atoms with Gasteiger partial charge in [-0.25, -0.2) is 0 Å². The Hall–Kier alpha value is -1.09. The average Bonchev–Trinajstić information content (AvgIpc) is 2.50. The smallest absolute Gasteiger partial charge is 0.152 e. The van der Waals surface area contributed by atoms with Gasteiger partial charge in [-0.2, -0.15) is 0 Å². The zero-order chi connectivity index (χ0) is 8.55. The molecule has 1 aromatic heterocycles. The van der Waals surface area contributed by atoms with Crippen LogP contribution in [0, 0.1) is 0 Å². The second-order valence-corrected chi connectivity index (χ2v) is 3.47. The first-order valence-corrected chi connectivity index (χ1v) is 4.32. The van der Waals surface area contributed by atoms with Crippen LogP contribution >= 0.6 is 15.9 Å². The van der Waals surface area contributed by atoms with E-state index in [2.05, 4.69) is 20.9 Å². The van der Waals surface area contributed by atoms with Gasteiger partial charge in [-0.15, -0.1) is 0 Å². The average molecular weight is 224 g/mol. The Bertz CT molecular complexity index is 433. The highest BCUT2D eigenvalue weighted by atomic mass is 79.9. The third-order valence-electron chi connectivity index (χ3n) is 1.78. The van der Waals surface area contributed by atoms with Crippen LogP contribution < -0.4 is 0 Å². The van der Waals surface area contributed by atoms with Gasteiger partial charge < -0.3 is 4.98 Å². The first-order valence-electron chi connectivity index (χ1n) is 3.53. The maximum Gasteiger partial charge on any atom is 0.152 e. The molecule has 3 heteroatoms. The summed E-state index contributed by atoms with van der Waals surface area (Å²) in [7, 11) is 0. The number of fused-ring (bicyclic) bond motifs is 1. The summed E-state index contributed by atoms with van der Waals surface area (Å²) in [6, 6.07) is 5.71. The van der Waals surface area contributed by atoms with Crippen LogP contribution in [0.3, 0.4) is 0 Å². The molecule has 0 amide bonds. The van der Waals surface area contributed by atoms with Crippen molar-refractivity contribution in [2.24, 2.45) is 0 Å². The first-order chi connectivity index (χ1) is 5.81. The Morgan fingerprint density at radius 2 is 2.25 bits per heavy atom. The van der Waals surface area contributed by atoms with Crippen LogP contribution in [0.1, 0.15) is 10.4 Å². The number of rotatable bonds is 1. The highest BCUT2D eigenvalue weighted by Crippen LogP contribution is 2.21. The fourth-order valence-corrected chi connectivity index (χ4v) is 1.75. The number of carbonyl (C=O) groups excluding carboxylic acids is 1. The number of aromatic amines is 1. The first kappa shape index (κ1) is 7.55. The molecule has 1 heterocycles. The number of aldehydes is 1. The zero-order valence-electron chi connectivity index (χ0n) is 6.17. The number of nitrogens with one attached hydrogen (secondary N) is 1. The molecule has 0 fully saturated rings. The van der Waals surface area contributed by atoms with Crippen LogP contribution in [0.5, 0.6) is 0 Å². The lowest BCUT2D eigenvalue weighted by Gasteiger charge is -1.95. The molecule has 0 radical (unpaired) electrons. The summed E-state index contributed by atoms with van der Waals surface area (Å²) in [5, 5.41) is 1.05. The van der Waals surface area contributed by atoms with Crippen LogP contribution in [0.4, 0.5) is 0 Å². The lowest BCUT2D eigenvalue weighted by atomic mass is 10.2. The van der Waals surface area contributed by atoms with Crippen molar-refractivity contribution in [1.82, 2.24) is 4.98 Å². The number of H-pyrrole nitrogens is 1. The molecular weight excluding hydrogens is 218 g/mol. The summed E-state index contributed by atoms with van der Waals surface area (Å²) in [5.41, 5.74) is 1.58. The lowest BCUT2D eigenvalue weighted by Crippen LogP contribution is -1.82. The van der Waals surface area contributed by atoms with Crippen LogP contribution in [-0.2, 0) is 0 Å². The van der Waals surface area contributed by atoms with E-state index in [0.29, 0.717) is 5.56 Å². The van der Waals surface area contributed by atoms with E-state index in [9.17, 15) is 4.79 Å². The van der Waals surface area contributed by atoms with Crippen molar-refractivity contribution in [2.45, 2.75) is 0 Å². The van der Waals surface area contributed by atoms with Crippen LogP contribution in [-0.4, -0.2) is 11.3 Å². The van der Waals surface area contributed by atoms with Crippen molar-refractivity contribution in [2.75, 3.05) is 0 Å². The largest absolute Gasteiger partial charge is 0.361 e. The standard InChI is InChI=1S/C9H6BrNO/c10-8-3-6-1-2-11-9(6)7(4-8)5-12/h1-5,11H. The number of benzene rings is 1. The highest BCUT2D eigenvalue weighted by molar-refractivity contribution is 9.10. The number of aromatic nitrogens is 1. The van der Waals surface area contributed by atoms with Crippen molar-refractivity contribution < 1.29 is 4.79 Å². The van der Waals surface area contributed by atoms with Gasteiger partial charge in [0.2, 0.25) is 0 Å². The molecule has 60 valence electrons. The van der Waals surface area contributed by atoms with E-state index in [1.54, 1.807) is 6.07 Å². The minimum absolute atomic E-state index is 0.685. The van der Waals surface area contributed by atoms with Gasteiger partial charge in [-0.05, 0) is 18.2 Å². The fraction of sp³-hybridized carbons (Fsp3) is 0. The quantitative estimate of drug-likeness (QED) is 0.742. The summed E-state index contributed by atoms with van der Waals surface area (Å²) in [5.74, 6) is 0. The van der Waals surface area contributed by atoms with E-state index in [1.807, 2.05) is 18.3 Å². The predicted molar refractivity (Wildman–Crippen MR) is 51.4 cm³/mol. The molecule has 1 N–H and O–H groups in total. The third-order valence-corrected chi connectivity index (χ3v) is 2.24. The molecule has 0 unspecified atom stereocenters. The second kappa shape index (κ2) is 2.75. The van der Waals surface area contributed by atoms with Crippen LogP contribution in [0.15, 0.2) is 28.9 Å². The van der Waals surface area contributed by atoms with E-state index >= 15 is 0 Å². The summed E-state index contributed by atoms with van der Waals surface area (Å²) in [6.45, 7) is 0. The number of halogens is 1. The van der Waals surface area contributed by atoms with Gasteiger partial charge in [0, 0.05) is 21.6 Å². The maximum absolute atomic E-state index is 10.6. The van der Waals surface area contributed by atoms with Gasteiger partial charge in [-0.3, -0.25) is 4.79 Å². The van der Waals surface area contributed by atoms with Gasteiger partial charge in [-0.1, -0.05) is 15.9 Å².